The number of carbonyl (C=O) groups excluding carboxylic acids is 1. The molecule has 2 fully saturated rings. The molecule has 1 aliphatic carbocycles. The normalized spacial score (nSPS) is 16.9. The summed E-state index contributed by atoms with van der Waals surface area (Å²) in [4.78, 5) is 15.4. The number of hydrogen-bond acceptors (Lipinski definition) is 3. The number of carbonyl (C=O) groups is 1. The Balaban J connectivity index is 0. The van der Waals surface area contributed by atoms with Crippen LogP contribution in [0.15, 0.2) is 29.2 Å². The van der Waals surface area contributed by atoms with Gasteiger partial charge in [0.05, 0.1) is 21.0 Å². The van der Waals surface area contributed by atoms with Crippen LogP contribution in [0.2, 0.25) is 33.2 Å². The van der Waals surface area contributed by atoms with Gasteiger partial charge < -0.3 is 0 Å². The van der Waals surface area contributed by atoms with E-state index >= 15 is 4.79 Å². The number of benzene rings is 1. The van der Waals surface area contributed by atoms with Gasteiger partial charge in [0.1, 0.15) is 5.78 Å². The molecule has 1 aromatic carbocycles. The summed E-state index contributed by atoms with van der Waals surface area (Å²) in [5.41, 5.74) is 5.42. The third-order valence-electron chi connectivity index (χ3n) is 10.3. The van der Waals surface area contributed by atoms with E-state index in [1.54, 1.807) is 16.4 Å². The van der Waals surface area contributed by atoms with Gasteiger partial charge in [-0.05, 0) is 52.3 Å². The fourth-order valence-corrected chi connectivity index (χ4v) is 24.6. The molecule has 1 saturated heterocycles. The average molecular weight is 728 g/mol. The van der Waals surface area contributed by atoms with Crippen molar-refractivity contribution in [1.29, 1.82) is 0 Å². The second kappa shape index (κ2) is 19.2. The van der Waals surface area contributed by atoms with E-state index in [0.29, 0.717) is 57.0 Å². The molecule has 3 rings (SSSR count). The maximum Gasteiger partial charge on any atom is 2.00 e. The van der Waals surface area contributed by atoms with Gasteiger partial charge >= 0.3 is 51.0 Å². The SMILES string of the molecule is Cc1ccc(S(=O)(=O)N2C[C]3[C](C2)[C]([Si](C(C)C)(C(C)C)C(C)C)C(=O)[C]3[Si](C(C)C)(C(C)C)C(C)C)cc1.[C-]#[O+].[C-]#[O+].[C-]#[O+].[Fe+2]. The topological polar surface area (TPSA) is 114 Å². The summed E-state index contributed by atoms with van der Waals surface area (Å²) in [6, 6.07) is 7.18. The first kappa shape index (κ1) is 47.1. The molecule has 0 unspecified atom stereocenters. The van der Waals surface area contributed by atoms with Crippen LogP contribution in [-0.2, 0) is 45.8 Å². The monoisotopic (exact) mass is 727 g/mol. The van der Waals surface area contributed by atoms with Crippen LogP contribution in [0.3, 0.4) is 0 Å². The number of nitrogens with zero attached hydrogens (tertiary/aromatic N) is 1. The quantitative estimate of drug-likeness (QED) is 0.138. The minimum atomic E-state index is -3.69. The molecule has 0 aromatic heterocycles. The van der Waals surface area contributed by atoms with Crippen LogP contribution in [0.1, 0.15) is 88.6 Å². The molecule has 1 aliphatic heterocycles. The van der Waals surface area contributed by atoms with Crippen molar-refractivity contribution in [1.82, 2.24) is 4.31 Å². The van der Waals surface area contributed by atoms with Crippen LogP contribution in [0, 0.1) is 49.8 Å². The number of fused-ring (bicyclic) bond motifs is 1. The van der Waals surface area contributed by atoms with Gasteiger partial charge in [0.25, 0.3) is 0 Å². The van der Waals surface area contributed by atoms with Gasteiger partial charge in [-0.25, -0.2) is 8.42 Å². The van der Waals surface area contributed by atoms with Crippen molar-refractivity contribution in [2.45, 2.75) is 128 Å². The Hall–Kier alpha value is -1.03. The van der Waals surface area contributed by atoms with Gasteiger partial charge in [0, 0.05) is 36.0 Å². The Morgan fingerprint density at radius 1 is 0.609 bits per heavy atom. The number of sulfonamides is 1. The van der Waals surface area contributed by atoms with Gasteiger partial charge in [0.15, 0.2) is 0 Å². The van der Waals surface area contributed by atoms with Crippen molar-refractivity contribution in [3.05, 3.63) is 72.7 Å². The minimum Gasteiger partial charge on any atom is 2.00 e. The summed E-state index contributed by atoms with van der Waals surface area (Å²) in [7, 11) is -8.40. The zero-order valence-electron chi connectivity index (χ0n) is 29.8. The van der Waals surface area contributed by atoms with Crippen molar-refractivity contribution >= 4 is 32.0 Å². The Labute approximate surface area is 293 Å². The Kier molecular flexibility index (Phi) is 19.7. The van der Waals surface area contributed by atoms with E-state index in [-0.39, 0.29) is 17.1 Å². The Morgan fingerprint density at radius 2 is 0.870 bits per heavy atom. The minimum absolute atomic E-state index is 0. The van der Waals surface area contributed by atoms with Crippen LogP contribution < -0.4 is 0 Å². The molecule has 0 amide bonds. The smallest absolute Gasteiger partial charge is 2.00 e. The summed E-state index contributed by atoms with van der Waals surface area (Å²) in [6.07, 6.45) is 0. The predicted octanol–water partition coefficient (Wildman–Crippen LogP) is 8.20. The number of aryl methyl sites for hydroxylation is 1. The van der Waals surface area contributed by atoms with Crippen molar-refractivity contribution in [2.75, 3.05) is 13.1 Å². The van der Waals surface area contributed by atoms with Gasteiger partial charge in [-0.1, -0.05) is 101 Å². The van der Waals surface area contributed by atoms with E-state index < -0.39 is 26.2 Å². The zero-order valence-corrected chi connectivity index (χ0v) is 33.8. The van der Waals surface area contributed by atoms with Crippen molar-refractivity contribution < 1.29 is 44.2 Å². The molecule has 11 heteroatoms. The molecule has 7 nitrogen and oxygen atoms in total. The first-order valence-electron chi connectivity index (χ1n) is 15.6. The third-order valence-corrected chi connectivity index (χ3v) is 26.4. The van der Waals surface area contributed by atoms with Crippen LogP contribution >= 0.6 is 0 Å². The first-order valence-corrected chi connectivity index (χ1v) is 21.5. The molecule has 0 atom stereocenters. The number of hydrogen-bond donors (Lipinski definition) is 0. The molecule has 1 heterocycles. The van der Waals surface area contributed by atoms with Crippen molar-refractivity contribution in [3.63, 3.8) is 0 Å². The predicted molar refractivity (Wildman–Crippen MR) is 182 cm³/mol. The van der Waals surface area contributed by atoms with Crippen LogP contribution in [0.4, 0.5) is 0 Å². The summed E-state index contributed by atoms with van der Waals surface area (Å²) in [5, 5.41) is 0. The van der Waals surface area contributed by atoms with Crippen molar-refractivity contribution in [3.8, 4) is 0 Å². The summed E-state index contributed by atoms with van der Waals surface area (Å²) < 4.78 is 52.1. The molecule has 4 radical (unpaired) electrons. The second-order valence-electron chi connectivity index (χ2n) is 13.9. The van der Waals surface area contributed by atoms with E-state index in [4.69, 9.17) is 14.0 Å². The van der Waals surface area contributed by atoms with Crippen molar-refractivity contribution in [2.24, 2.45) is 0 Å². The molecule has 0 spiro atoms. The van der Waals surface area contributed by atoms with E-state index in [9.17, 15) is 8.42 Å². The van der Waals surface area contributed by atoms with Gasteiger partial charge in [-0.3, -0.25) is 4.79 Å². The van der Waals surface area contributed by atoms with Gasteiger partial charge in [-0.2, -0.15) is 4.31 Å². The molecule has 1 aromatic rings. The van der Waals surface area contributed by atoms with Crippen LogP contribution in [-0.4, -0.2) is 47.7 Å². The van der Waals surface area contributed by atoms with Crippen LogP contribution in [0.25, 0.3) is 0 Å². The number of ketones is 1. The van der Waals surface area contributed by atoms with E-state index in [0.717, 1.165) is 28.5 Å². The molecule has 254 valence electrons. The first-order chi connectivity index (χ1) is 20.9. The fraction of sp³-hybridized carbons (Fsp3) is 0.600. The van der Waals surface area contributed by atoms with Crippen LogP contribution in [0.5, 0.6) is 0 Å². The summed E-state index contributed by atoms with van der Waals surface area (Å²) >= 11 is 0. The maximum atomic E-state index is 15.1. The van der Waals surface area contributed by atoms with E-state index in [1.165, 1.54) is 0 Å². The number of rotatable bonds is 10. The zero-order chi connectivity index (χ0) is 35.8. The van der Waals surface area contributed by atoms with Gasteiger partial charge in [0.2, 0.25) is 10.0 Å². The molecule has 0 bridgehead atoms. The largest absolute Gasteiger partial charge is 2.00 e. The molecule has 2 aliphatic rings. The second-order valence-corrected chi connectivity index (χ2v) is 27.5. The molecule has 1 saturated carbocycles. The number of Topliss-reactive ketones (excluding diaryl/α,β-unsaturated/α-hetero) is 1. The Bertz CT molecular complexity index is 1160. The summed E-state index contributed by atoms with van der Waals surface area (Å²) in [6.45, 7) is 43.8. The third kappa shape index (κ3) is 8.05. The standard InChI is InChI=1S/C32H53NO3SSi2.3CO.Fe/c1-20(2)38(21(3)4,22(5)6)31-28-18-33(37(35,36)27-16-14-26(13)15-17-27)19-29(28)32(30(31)34)39(23(7)8,24(9)10)25(11)12;3*1-2;/h14-17,20-25H,18-19H2,1-13H3;;;;/q;;;;+2. The fourth-order valence-electron chi connectivity index (χ4n) is 9.14. The van der Waals surface area contributed by atoms with E-state index in [1.807, 2.05) is 19.1 Å². The molecular formula is C35H53FeNO6SSi2+2. The van der Waals surface area contributed by atoms with Gasteiger partial charge in [-0.15, -0.1) is 0 Å². The summed E-state index contributed by atoms with van der Waals surface area (Å²) in [5.74, 6) is 2.46. The average Bonchev–Trinajstić information content (AvgIpc) is 3.51. The maximum absolute atomic E-state index is 15.1. The molecule has 0 N–H and O–H groups in total. The Morgan fingerprint density at radius 3 is 1.11 bits per heavy atom. The molecule has 46 heavy (non-hydrogen) atoms. The molecular weight excluding hydrogens is 674 g/mol. The van der Waals surface area contributed by atoms with E-state index in [2.05, 4.69) is 103 Å².